The SMILES string of the molecule is Cc1cc(C(N)Cc2ccc(F)cc2Cl)sc1C. The standard InChI is InChI=1S/C14H15ClFNS/c1-8-5-14(18-9(8)2)13(17)6-10-3-4-11(16)7-12(10)15/h3-5,7,13H,6,17H2,1-2H3. The maximum absolute atomic E-state index is 13.0. The van der Waals surface area contributed by atoms with Gasteiger partial charge in [0.2, 0.25) is 0 Å². The molecule has 0 aliphatic rings. The summed E-state index contributed by atoms with van der Waals surface area (Å²) in [6.07, 6.45) is 0.624. The zero-order valence-corrected chi connectivity index (χ0v) is 11.9. The van der Waals surface area contributed by atoms with Crippen LogP contribution in [-0.4, -0.2) is 0 Å². The van der Waals surface area contributed by atoms with Crippen molar-refractivity contribution < 1.29 is 4.39 Å². The molecule has 1 aromatic heterocycles. The van der Waals surface area contributed by atoms with E-state index in [2.05, 4.69) is 19.9 Å². The lowest BCUT2D eigenvalue weighted by Crippen LogP contribution is -2.12. The largest absolute Gasteiger partial charge is 0.323 e. The van der Waals surface area contributed by atoms with Gasteiger partial charge in [-0.05, 0) is 49.6 Å². The number of halogens is 2. The molecule has 2 N–H and O–H groups in total. The topological polar surface area (TPSA) is 26.0 Å². The van der Waals surface area contributed by atoms with Crippen molar-refractivity contribution in [3.05, 3.63) is 56.0 Å². The second-order valence-electron chi connectivity index (χ2n) is 4.43. The van der Waals surface area contributed by atoms with Gasteiger partial charge in [0.1, 0.15) is 5.82 Å². The third-order valence-electron chi connectivity index (χ3n) is 3.01. The summed E-state index contributed by atoms with van der Waals surface area (Å²) < 4.78 is 13.0. The summed E-state index contributed by atoms with van der Waals surface area (Å²) in [7, 11) is 0. The first-order valence-corrected chi connectivity index (χ1v) is 6.93. The Morgan fingerprint density at radius 1 is 1.33 bits per heavy atom. The van der Waals surface area contributed by atoms with Crippen LogP contribution in [0.1, 0.15) is 26.9 Å². The first kappa shape index (κ1) is 13.5. The van der Waals surface area contributed by atoms with Crippen LogP contribution in [0.3, 0.4) is 0 Å². The van der Waals surface area contributed by atoms with Crippen LogP contribution in [0.25, 0.3) is 0 Å². The molecule has 1 heterocycles. The monoisotopic (exact) mass is 283 g/mol. The third kappa shape index (κ3) is 2.91. The molecular weight excluding hydrogens is 269 g/mol. The van der Waals surface area contributed by atoms with E-state index in [9.17, 15) is 4.39 Å². The molecule has 1 aromatic carbocycles. The summed E-state index contributed by atoms with van der Waals surface area (Å²) in [6.45, 7) is 4.16. The van der Waals surface area contributed by atoms with E-state index >= 15 is 0 Å². The fraction of sp³-hybridized carbons (Fsp3) is 0.286. The van der Waals surface area contributed by atoms with Crippen LogP contribution in [0.5, 0.6) is 0 Å². The van der Waals surface area contributed by atoms with Gasteiger partial charge in [0, 0.05) is 20.8 Å². The number of thiophene rings is 1. The molecule has 18 heavy (non-hydrogen) atoms. The smallest absolute Gasteiger partial charge is 0.124 e. The van der Waals surface area contributed by atoms with Gasteiger partial charge in [-0.2, -0.15) is 0 Å². The van der Waals surface area contributed by atoms with E-state index in [-0.39, 0.29) is 11.9 Å². The predicted molar refractivity (Wildman–Crippen MR) is 75.8 cm³/mol. The molecule has 1 unspecified atom stereocenters. The Bertz CT molecular complexity index is 545. The Labute approximate surface area is 115 Å². The van der Waals surface area contributed by atoms with Crippen molar-refractivity contribution >= 4 is 22.9 Å². The van der Waals surface area contributed by atoms with Crippen LogP contribution in [0.15, 0.2) is 24.3 Å². The lowest BCUT2D eigenvalue weighted by Gasteiger charge is -2.11. The van der Waals surface area contributed by atoms with E-state index in [1.165, 1.54) is 22.6 Å². The third-order valence-corrected chi connectivity index (χ3v) is 4.64. The highest BCUT2D eigenvalue weighted by atomic mass is 35.5. The normalized spacial score (nSPS) is 12.7. The van der Waals surface area contributed by atoms with Gasteiger partial charge in [0.25, 0.3) is 0 Å². The van der Waals surface area contributed by atoms with Gasteiger partial charge in [-0.1, -0.05) is 17.7 Å². The summed E-state index contributed by atoms with van der Waals surface area (Å²) >= 11 is 7.71. The zero-order chi connectivity index (χ0) is 13.3. The average Bonchev–Trinajstić information content (AvgIpc) is 2.63. The van der Waals surface area contributed by atoms with Gasteiger partial charge in [-0.15, -0.1) is 11.3 Å². The molecule has 0 radical (unpaired) electrons. The van der Waals surface area contributed by atoms with Crippen LogP contribution in [-0.2, 0) is 6.42 Å². The van der Waals surface area contributed by atoms with E-state index < -0.39 is 0 Å². The lowest BCUT2D eigenvalue weighted by atomic mass is 10.0. The van der Waals surface area contributed by atoms with Crippen LogP contribution < -0.4 is 5.73 Å². The Morgan fingerprint density at radius 3 is 2.61 bits per heavy atom. The van der Waals surface area contributed by atoms with E-state index in [0.717, 1.165) is 10.4 Å². The average molecular weight is 284 g/mol. The van der Waals surface area contributed by atoms with Crippen molar-refractivity contribution in [3.8, 4) is 0 Å². The van der Waals surface area contributed by atoms with Crippen LogP contribution in [0.4, 0.5) is 4.39 Å². The highest BCUT2D eigenvalue weighted by molar-refractivity contribution is 7.12. The molecule has 0 saturated heterocycles. The zero-order valence-electron chi connectivity index (χ0n) is 10.3. The summed E-state index contributed by atoms with van der Waals surface area (Å²) in [4.78, 5) is 2.43. The molecule has 0 bridgehead atoms. The summed E-state index contributed by atoms with van der Waals surface area (Å²) in [6, 6.07) is 6.46. The summed E-state index contributed by atoms with van der Waals surface area (Å²) in [5.41, 5.74) is 8.32. The molecule has 2 rings (SSSR count). The molecule has 0 spiro atoms. The molecule has 0 amide bonds. The maximum Gasteiger partial charge on any atom is 0.124 e. The molecule has 0 saturated carbocycles. The van der Waals surface area contributed by atoms with Crippen molar-refractivity contribution in [1.82, 2.24) is 0 Å². The Balaban J connectivity index is 2.18. The van der Waals surface area contributed by atoms with Gasteiger partial charge in [-0.3, -0.25) is 0 Å². The second-order valence-corrected chi connectivity index (χ2v) is 6.13. The van der Waals surface area contributed by atoms with Crippen LogP contribution in [0.2, 0.25) is 5.02 Å². The van der Waals surface area contributed by atoms with Crippen molar-refractivity contribution in [3.63, 3.8) is 0 Å². The van der Waals surface area contributed by atoms with Crippen molar-refractivity contribution in [1.29, 1.82) is 0 Å². The van der Waals surface area contributed by atoms with Gasteiger partial charge in [0.05, 0.1) is 0 Å². The van der Waals surface area contributed by atoms with Crippen LogP contribution >= 0.6 is 22.9 Å². The second kappa shape index (κ2) is 5.39. The van der Waals surface area contributed by atoms with Crippen molar-refractivity contribution in [2.75, 3.05) is 0 Å². The molecular formula is C14H15ClFNS. The molecule has 96 valence electrons. The molecule has 2 aromatic rings. The minimum Gasteiger partial charge on any atom is -0.323 e. The molecule has 4 heteroatoms. The van der Waals surface area contributed by atoms with Crippen LogP contribution in [0, 0.1) is 19.7 Å². The Kier molecular flexibility index (Phi) is 4.05. The molecule has 0 fully saturated rings. The predicted octanol–water partition coefficient (Wildman–Crippen LogP) is 4.40. The molecule has 1 atom stereocenters. The fourth-order valence-electron chi connectivity index (χ4n) is 1.81. The lowest BCUT2D eigenvalue weighted by molar-refractivity contribution is 0.626. The first-order valence-electron chi connectivity index (χ1n) is 5.74. The number of aryl methyl sites for hydroxylation is 2. The maximum atomic E-state index is 13.0. The summed E-state index contributed by atoms with van der Waals surface area (Å²) in [5.74, 6) is -0.319. The minimum absolute atomic E-state index is 0.0923. The molecule has 1 nitrogen and oxygen atoms in total. The van der Waals surface area contributed by atoms with E-state index in [0.29, 0.717) is 11.4 Å². The minimum atomic E-state index is -0.319. The number of benzene rings is 1. The van der Waals surface area contributed by atoms with E-state index in [1.807, 2.05) is 0 Å². The fourth-order valence-corrected chi connectivity index (χ4v) is 3.10. The van der Waals surface area contributed by atoms with Gasteiger partial charge >= 0.3 is 0 Å². The van der Waals surface area contributed by atoms with Gasteiger partial charge < -0.3 is 5.73 Å². The van der Waals surface area contributed by atoms with E-state index in [1.54, 1.807) is 17.4 Å². The highest BCUT2D eigenvalue weighted by Crippen LogP contribution is 2.29. The van der Waals surface area contributed by atoms with E-state index in [4.69, 9.17) is 17.3 Å². The van der Waals surface area contributed by atoms with Gasteiger partial charge in [-0.25, -0.2) is 4.39 Å². The number of nitrogens with two attached hydrogens (primary N) is 1. The number of hydrogen-bond donors (Lipinski definition) is 1. The van der Waals surface area contributed by atoms with Gasteiger partial charge in [0.15, 0.2) is 0 Å². The first-order chi connectivity index (χ1) is 8.47. The Hall–Kier alpha value is -0.900. The summed E-state index contributed by atoms with van der Waals surface area (Å²) in [5, 5.41) is 0.440. The Morgan fingerprint density at radius 2 is 2.06 bits per heavy atom. The number of rotatable bonds is 3. The number of hydrogen-bond acceptors (Lipinski definition) is 2. The van der Waals surface area contributed by atoms with Crippen molar-refractivity contribution in [2.24, 2.45) is 5.73 Å². The van der Waals surface area contributed by atoms with Crippen molar-refractivity contribution in [2.45, 2.75) is 26.3 Å². The molecule has 0 aliphatic carbocycles. The molecule has 0 aliphatic heterocycles. The highest BCUT2D eigenvalue weighted by Gasteiger charge is 2.13. The quantitative estimate of drug-likeness (QED) is 0.888.